The summed E-state index contributed by atoms with van der Waals surface area (Å²) in [6.45, 7) is 5.71. The lowest BCUT2D eigenvalue weighted by atomic mass is 10.1. The van der Waals surface area contributed by atoms with Crippen molar-refractivity contribution in [2.24, 2.45) is 10.9 Å². The van der Waals surface area contributed by atoms with Gasteiger partial charge >= 0.3 is 5.97 Å². The van der Waals surface area contributed by atoms with Crippen LogP contribution in [0.3, 0.4) is 0 Å². The van der Waals surface area contributed by atoms with E-state index in [-0.39, 0.29) is 18.2 Å². The summed E-state index contributed by atoms with van der Waals surface area (Å²) in [4.78, 5) is 17.1. The first-order valence-electron chi connectivity index (χ1n) is 9.30. The third-order valence-electron chi connectivity index (χ3n) is 4.45. The summed E-state index contributed by atoms with van der Waals surface area (Å²) in [5.74, 6) is 0.473. The Morgan fingerprint density at radius 1 is 1.17 bits per heavy atom. The first-order chi connectivity index (χ1) is 14.5. The van der Waals surface area contributed by atoms with Crippen LogP contribution in [0.25, 0.3) is 0 Å². The summed E-state index contributed by atoms with van der Waals surface area (Å²) in [7, 11) is 0. The summed E-state index contributed by atoms with van der Waals surface area (Å²) >= 11 is 0. The van der Waals surface area contributed by atoms with Gasteiger partial charge in [-0.2, -0.15) is 0 Å². The van der Waals surface area contributed by atoms with Crippen LogP contribution in [0.1, 0.15) is 33.0 Å². The van der Waals surface area contributed by atoms with Gasteiger partial charge in [0.05, 0.1) is 0 Å². The Kier molecular flexibility index (Phi) is 6.54. The monoisotopic (exact) mass is 405 g/mol. The number of ether oxygens (including phenoxy) is 1. The fourth-order valence-corrected chi connectivity index (χ4v) is 2.80. The van der Waals surface area contributed by atoms with E-state index >= 15 is 0 Å². The van der Waals surface area contributed by atoms with E-state index in [1.54, 1.807) is 37.3 Å². The van der Waals surface area contributed by atoms with E-state index in [4.69, 9.17) is 25.5 Å². The van der Waals surface area contributed by atoms with Crippen LogP contribution in [-0.2, 0) is 17.9 Å². The fraction of sp³-hybridized carbons (Fsp3) is 0.130. The van der Waals surface area contributed by atoms with Gasteiger partial charge in [0, 0.05) is 11.3 Å². The van der Waals surface area contributed by atoms with Crippen LogP contribution in [0.5, 0.6) is 5.75 Å². The van der Waals surface area contributed by atoms with E-state index in [1.807, 2.05) is 24.3 Å². The van der Waals surface area contributed by atoms with Crippen molar-refractivity contribution in [2.75, 3.05) is 5.73 Å². The largest absolute Gasteiger partial charge is 0.485 e. The summed E-state index contributed by atoms with van der Waals surface area (Å²) < 4.78 is 11.3. The van der Waals surface area contributed by atoms with Crippen molar-refractivity contribution < 1.29 is 18.8 Å². The maximum Gasteiger partial charge on any atom is 0.400 e. The molecule has 3 aromatic rings. The zero-order valence-electron chi connectivity index (χ0n) is 16.6. The molecule has 0 spiro atoms. The third-order valence-corrected chi connectivity index (χ3v) is 4.45. The molecule has 154 valence electrons. The molecule has 7 nitrogen and oxygen atoms in total. The van der Waals surface area contributed by atoms with Gasteiger partial charge in [-0.3, -0.25) is 0 Å². The van der Waals surface area contributed by atoms with Gasteiger partial charge in [0.15, 0.2) is 5.84 Å². The van der Waals surface area contributed by atoms with Gasteiger partial charge in [-0.1, -0.05) is 41.6 Å². The van der Waals surface area contributed by atoms with Crippen molar-refractivity contribution >= 4 is 17.5 Å². The van der Waals surface area contributed by atoms with E-state index in [0.29, 0.717) is 23.4 Å². The highest BCUT2D eigenvalue weighted by molar-refractivity contribution is 6.00. The number of benzene rings is 2. The molecule has 1 heterocycles. The van der Waals surface area contributed by atoms with Gasteiger partial charge in [-0.15, -0.1) is 6.58 Å². The van der Waals surface area contributed by atoms with Crippen molar-refractivity contribution in [1.82, 2.24) is 0 Å². The van der Waals surface area contributed by atoms with Gasteiger partial charge in [-0.05, 0) is 48.7 Å². The highest BCUT2D eigenvalue weighted by atomic mass is 16.7. The number of nitrogen functional groups attached to an aromatic ring is 1. The van der Waals surface area contributed by atoms with E-state index in [1.165, 1.54) is 6.07 Å². The van der Waals surface area contributed by atoms with Crippen molar-refractivity contribution in [1.29, 1.82) is 0 Å². The molecule has 0 atom stereocenters. The SMILES string of the molecule is C=CCc1ccccc1OCc1ccc(C(=O)O/N=C(\N)c2cccc(N)c2C)o1. The molecule has 0 bridgehead atoms. The average molecular weight is 405 g/mol. The number of carbonyl (C=O) groups excluding carboxylic acids is 1. The lowest BCUT2D eigenvalue weighted by Gasteiger charge is -2.08. The maximum atomic E-state index is 12.2. The number of nitrogens with zero attached hydrogens (tertiary/aromatic N) is 1. The number of hydrogen-bond acceptors (Lipinski definition) is 6. The molecule has 0 unspecified atom stereocenters. The Morgan fingerprint density at radius 2 is 1.97 bits per heavy atom. The van der Waals surface area contributed by atoms with Gasteiger partial charge in [0.2, 0.25) is 5.76 Å². The van der Waals surface area contributed by atoms with Crippen LogP contribution < -0.4 is 16.2 Å². The summed E-state index contributed by atoms with van der Waals surface area (Å²) in [6.07, 6.45) is 2.50. The van der Waals surface area contributed by atoms with Crippen LogP contribution >= 0.6 is 0 Å². The lowest BCUT2D eigenvalue weighted by Crippen LogP contribution is -2.17. The van der Waals surface area contributed by atoms with Crippen LogP contribution in [0.2, 0.25) is 0 Å². The maximum absolute atomic E-state index is 12.2. The van der Waals surface area contributed by atoms with Crippen LogP contribution in [0.4, 0.5) is 5.69 Å². The molecule has 0 amide bonds. The summed E-state index contributed by atoms with van der Waals surface area (Å²) in [6, 6.07) is 16.0. The van der Waals surface area contributed by atoms with Crippen molar-refractivity contribution in [2.45, 2.75) is 20.0 Å². The molecule has 0 aliphatic carbocycles. The number of rotatable bonds is 8. The van der Waals surface area contributed by atoms with Crippen molar-refractivity contribution in [3.63, 3.8) is 0 Å². The van der Waals surface area contributed by atoms with Crippen molar-refractivity contribution in [3.05, 3.63) is 95.5 Å². The Morgan fingerprint density at radius 3 is 2.77 bits per heavy atom. The van der Waals surface area contributed by atoms with E-state index < -0.39 is 5.97 Å². The number of nitrogens with two attached hydrogens (primary N) is 2. The van der Waals surface area contributed by atoms with Crippen molar-refractivity contribution in [3.8, 4) is 5.75 Å². The topological polar surface area (TPSA) is 113 Å². The van der Waals surface area contributed by atoms with Crippen LogP contribution in [-0.4, -0.2) is 11.8 Å². The second-order valence-corrected chi connectivity index (χ2v) is 6.53. The van der Waals surface area contributed by atoms with E-state index in [0.717, 1.165) is 16.9 Å². The number of allylic oxidation sites excluding steroid dienone is 1. The van der Waals surface area contributed by atoms with Crippen LogP contribution in [0.15, 0.2) is 76.8 Å². The third kappa shape index (κ3) is 4.88. The zero-order valence-corrected chi connectivity index (χ0v) is 16.6. The minimum absolute atomic E-state index is 0.00572. The number of carbonyl (C=O) groups is 1. The molecule has 0 aliphatic rings. The smallest absolute Gasteiger partial charge is 0.400 e. The minimum Gasteiger partial charge on any atom is -0.485 e. The van der Waals surface area contributed by atoms with Gasteiger partial charge in [-0.25, -0.2) is 4.79 Å². The highest BCUT2D eigenvalue weighted by Gasteiger charge is 2.15. The minimum atomic E-state index is -0.766. The molecule has 3 rings (SSSR count). The second-order valence-electron chi connectivity index (χ2n) is 6.53. The number of amidine groups is 1. The molecule has 4 N–H and O–H groups in total. The molecular weight excluding hydrogens is 382 g/mol. The predicted molar refractivity (Wildman–Crippen MR) is 115 cm³/mol. The standard InChI is InChI=1S/C23H23N3O4/c1-3-7-16-8-4-5-11-20(16)28-14-17-12-13-21(29-17)23(27)30-26-22(25)18-9-6-10-19(24)15(18)2/h3-6,8-13H,1,7,14,24H2,2H3,(H2,25,26). The molecule has 1 aromatic heterocycles. The quantitative estimate of drug-likeness (QED) is 0.146. The number of furan rings is 1. The van der Waals surface area contributed by atoms with Gasteiger partial charge in [0.1, 0.15) is 18.1 Å². The molecular formula is C23H23N3O4. The first kappa shape index (κ1) is 20.7. The molecule has 7 heteroatoms. The molecule has 0 aliphatic heterocycles. The Bertz CT molecular complexity index is 1090. The first-order valence-corrected chi connectivity index (χ1v) is 9.30. The van der Waals surface area contributed by atoms with E-state index in [2.05, 4.69) is 11.7 Å². The van der Waals surface area contributed by atoms with Gasteiger partial charge in [0.25, 0.3) is 0 Å². The average Bonchev–Trinajstić information content (AvgIpc) is 3.22. The fourth-order valence-electron chi connectivity index (χ4n) is 2.80. The number of para-hydroxylation sites is 1. The zero-order chi connectivity index (χ0) is 21.5. The molecule has 0 fully saturated rings. The highest BCUT2D eigenvalue weighted by Crippen LogP contribution is 2.21. The summed E-state index contributed by atoms with van der Waals surface area (Å²) in [5, 5.41) is 3.70. The normalized spacial score (nSPS) is 11.2. The Balaban J connectivity index is 1.62. The number of anilines is 1. The van der Waals surface area contributed by atoms with Crippen LogP contribution in [0, 0.1) is 6.92 Å². The number of hydrogen-bond donors (Lipinski definition) is 2. The Hall–Kier alpha value is -4.00. The Labute approximate surface area is 174 Å². The van der Waals surface area contributed by atoms with Gasteiger partial charge < -0.3 is 25.5 Å². The van der Waals surface area contributed by atoms with E-state index in [9.17, 15) is 4.79 Å². The summed E-state index contributed by atoms with van der Waals surface area (Å²) in [5.41, 5.74) is 14.7. The molecule has 0 saturated carbocycles. The predicted octanol–water partition coefficient (Wildman–Crippen LogP) is 3.96. The molecule has 0 saturated heterocycles. The number of oxime groups is 1. The molecule has 30 heavy (non-hydrogen) atoms. The molecule has 2 aromatic carbocycles. The molecule has 0 radical (unpaired) electrons. The lowest BCUT2D eigenvalue weighted by molar-refractivity contribution is 0.0475. The second kappa shape index (κ2) is 9.47.